The van der Waals surface area contributed by atoms with Gasteiger partial charge in [-0.15, -0.1) is 0 Å². The van der Waals surface area contributed by atoms with Crippen LogP contribution in [0, 0.1) is 0 Å². The minimum atomic E-state index is -0.805. The fourth-order valence-corrected chi connectivity index (χ4v) is 4.08. The van der Waals surface area contributed by atoms with Crippen molar-refractivity contribution in [2.24, 2.45) is 0 Å². The highest BCUT2D eigenvalue weighted by Gasteiger charge is 2.19. The predicted molar refractivity (Wildman–Crippen MR) is 124 cm³/mol. The van der Waals surface area contributed by atoms with Crippen LogP contribution in [0.15, 0.2) is 34.8 Å². The Bertz CT molecular complexity index is 845. The monoisotopic (exact) mass is 493 g/mol. The number of halogens is 1. The van der Waals surface area contributed by atoms with E-state index in [1.54, 1.807) is 19.2 Å². The van der Waals surface area contributed by atoms with E-state index in [-0.39, 0.29) is 13.4 Å². The Balaban J connectivity index is 1.53. The molecule has 1 aliphatic rings. The van der Waals surface area contributed by atoms with Crippen molar-refractivity contribution in [2.75, 3.05) is 27.1 Å². The molecule has 0 saturated heterocycles. The summed E-state index contributed by atoms with van der Waals surface area (Å²) < 4.78 is 22.9. The Morgan fingerprint density at radius 1 is 1.10 bits per heavy atom. The van der Waals surface area contributed by atoms with Gasteiger partial charge in [-0.1, -0.05) is 38.7 Å². The quantitative estimate of drug-likeness (QED) is 0.366. The third-order valence-corrected chi connectivity index (χ3v) is 5.83. The minimum absolute atomic E-state index is 0.0873. The Kier molecular flexibility index (Phi) is 9.31. The van der Waals surface area contributed by atoms with Gasteiger partial charge in [0, 0.05) is 6.54 Å². The summed E-state index contributed by atoms with van der Waals surface area (Å²) in [5.74, 6) is 2.53. The first-order valence-corrected chi connectivity index (χ1v) is 11.7. The molecule has 7 heteroatoms. The summed E-state index contributed by atoms with van der Waals surface area (Å²) in [4.78, 5) is 0. The van der Waals surface area contributed by atoms with Crippen molar-refractivity contribution in [3.63, 3.8) is 0 Å². The zero-order chi connectivity index (χ0) is 22.1. The molecule has 0 aliphatic carbocycles. The van der Waals surface area contributed by atoms with Crippen LogP contribution in [0.3, 0.4) is 0 Å². The first-order chi connectivity index (χ1) is 15.1. The first kappa shape index (κ1) is 23.7. The van der Waals surface area contributed by atoms with E-state index < -0.39 is 6.10 Å². The van der Waals surface area contributed by atoms with Crippen LogP contribution in [-0.4, -0.2) is 32.2 Å². The smallest absolute Gasteiger partial charge is 0.231 e. The lowest BCUT2D eigenvalue weighted by molar-refractivity contribution is 0.105. The van der Waals surface area contributed by atoms with E-state index in [1.165, 1.54) is 32.1 Å². The van der Waals surface area contributed by atoms with Crippen LogP contribution in [-0.2, 0) is 6.54 Å². The van der Waals surface area contributed by atoms with Gasteiger partial charge in [0.25, 0.3) is 0 Å². The van der Waals surface area contributed by atoms with E-state index in [2.05, 4.69) is 28.2 Å². The van der Waals surface area contributed by atoms with Crippen molar-refractivity contribution in [1.82, 2.24) is 5.32 Å². The van der Waals surface area contributed by atoms with E-state index in [4.69, 9.17) is 18.9 Å². The van der Waals surface area contributed by atoms with Crippen molar-refractivity contribution in [3.8, 4) is 23.0 Å². The summed E-state index contributed by atoms with van der Waals surface area (Å²) in [6.07, 6.45) is 5.55. The number of hydrogen-bond acceptors (Lipinski definition) is 6. The fourth-order valence-electron chi connectivity index (χ4n) is 3.48. The predicted octanol–water partition coefficient (Wildman–Crippen LogP) is 5.36. The summed E-state index contributed by atoms with van der Waals surface area (Å²) in [7, 11) is 1.62. The van der Waals surface area contributed by atoms with Gasteiger partial charge >= 0.3 is 0 Å². The lowest BCUT2D eigenvalue weighted by atomic mass is 10.1. The molecule has 31 heavy (non-hydrogen) atoms. The van der Waals surface area contributed by atoms with Crippen molar-refractivity contribution >= 4 is 15.9 Å². The van der Waals surface area contributed by atoms with Gasteiger partial charge in [-0.05, 0) is 64.3 Å². The maximum absolute atomic E-state index is 10.6. The normalized spacial score (nSPS) is 13.3. The van der Waals surface area contributed by atoms with Crippen LogP contribution < -0.4 is 24.3 Å². The number of methoxy groups -OCH3 is 1. The highest BCUT2D eigenvalue weighted by Crippen LogP contribution is 2.38. The second kappa shape index (κ2) is 12.2. The summed E-state index contributed by atoms with van der Waals surface area (Å²) in [6.45, 7) is 4.29. The minimum Gasteiger partial charge on any atom is -0.493 e. The molecule has 0 bridgehead atoms. The molecule has 0 spiro atoms. The number of hydrogen-bond donors (Lipinski definition) is 2. The molecule has 1 atom stereocenters. The van der Waals surface area contributed by atoms with Gasteiger partial charge in [0.15, 0.2) is 23.0 Å². The van der Waals surface area contributed by atoms with Gasteiger partial charge in [0.2, 0.25) is 6.79 Å². The highest BCUT2D eigenvalue weighted by atomic mass is 79.9. The number of rotatable bonds is 13. The molecule has 3 rings (SSSR count). The third kappa shape index (κ3) is 6.76. The number of fused-ring (bicyclic) bond motifs is 1. The standard InChI is InChI=1S/C24H32BrNO5/c1-3-4-5-6-7-10-26-14-17-11-19(25)24(23(12-17)28-2)29-15-20(27)18-8-9-21-22(13-18)31-16-30-21/h8-9,11-13,20,26-27H,3-7,10,14-16H2,1-2H3. The zero-order valence-corrected chi connectivity index (χ0v) is 19.9. The molecule has 1 aliphatic heterocycles. The largest absolute Gasteiger partial charge is 0.493 e. The maximum atomic E-state index is 10.6. The van der Waals surface area contributed by atoms with Crippen LogP contribution in [0.4, 0.5) is 0 Å². The average Bonchev–Trinajstić information content (AvgIpc) is 3.25. The Labute approximate surface area is 193 Å². The van der Waals surface area contributed by atoms with E-state index >= 15 is 0 Å². The van der Waals surface area contributed by atoms with E-state index in [0.717, 1.165) is 23.1 Å². The number of aliphatic hydroxyl groups excluding tert-OH is 1. The van der Waals surface area contributed by atoms with Gasteiger partial charge in [-0.25, -0.2) is 0 Å². The molecule has 0 radical (unpaired) electrons. The van der Waals surface area contributed by atoms with Gasteiger partial charge in [-0.2, -0.15) is 0 Å². The molecule has 2 aromatic rings. The average molecular weight is 494 g/mol. The molecular formula is C24H32BrNO5. The Morgan fingerprint density at radius 3 is 2.71 bits per heavy atom. The van der Waals surface area contributed by atoms with Gasteiger partial charge < -0.3 is 29.4 Å². The first-order valence-electron chi connectivity index (χ1n) is 10.9. The summed E-state index contributed by atoms with van der Waals surface area (Å²) in [5.41, 5.74) is 1.82. The van der Waals surface area contributed by atoms with Gasteiger partial charge in [0.05, 0.1) is 11.6 Å². The Hall–Kier alpha value is -1.96. The van der Waals surface area contributed by atoms with E-state index in [9.17, 15) is 5.11 Å². The number of nitrogens with one attached hydrogen (secondary N) is 1. The molecule has 0 saturated carbocycles. The molecule has 2 N–H and O–H groups in total. The second-order valence-corrected chi connectivity index (χ2v) is 8.49. The van der Waals surface area contributed by atoms with Crippen LogP contribution in [0.25, 0.3) is 0 Å². The van der Waals surface area contributed by atoms with E-state index in [0.29, 0.717) is 28.6 Å². The third-order valence-electron chi connectivity index (χ3n) is 5.24. The number of unbranched alkanes of at least 4 members (excludes halogenated alkanes) is 4. The van der Waals surface area contributed by atoms with Crippen LogP contribution in [0.2, 0.25) is 0 Å². The van der Waals surface area contributed by atoms with Crippen molar-refractivity contribution in [1.29, 1.82) is 0 Å². The highest BCUT2D eigenvalue weighted by molar-refractivity contribution is 9.10. The van der Waals surface area contributed by atoms with Crippen LogP contribution in [0.1, 0.15) is 56.3 Å². The van der Waals surface area contributed by atoms with Crippen LogP contribution >= 0.6 is 15.9 Å². The van der Waals surface area contributed by atoms with Gasteiger partial charge in [0.1, 0.15) is 12.7 Å². The Morgan fingerprint density at radius 2 is 1.90 bits per heavy atom. The molecule has 1 heterocycles. The molecule has 0 aromatic heterocycles. The number of benzene rings is 2. The van der Waals surface area contributed by atoms with Crippen molar-refractivity contribution in [3.05, 3.63) is 45.9 Å². The molecule has 0 fully saturated rings. The van der Waals surface area contributed by atoms with E-state index in [1.807, 2.05) is 18.2 Å². The lowest BCUT2D eigenvalue weighted by Gasteiger charge is -2.17. The van der Waals surface area contributed by atoms with Crippen molar-refractivity contribution in [2.45, 2.75) is 51.7 Å². The van der Waals surface area contributed by atoms with Crippen LogP contribution in [0.5, 0.6) is 23.0 Å². The SMILES string of the molecule is CCCCCCCNCc1cc(Br)c(OCC(O)c2ccc3c(c2)OCO3)c(OC)c1. The maximum Gasteiger partial charge on any atom is 0.231 e. The molecule has 2 aromatic carbocycles. The topological polar surface area (TPSA) is 69.2 Å². The lowest BCUT2D eigenvalue weighted by Crippen LogP contribution is -2.15. The molecule has 170 valence electrons. The van der Waals surface area contributed by atoms with Crippen molar-refractivity contribution < 1.29 is 24.1 Å². The summed E-state index contributed by atoms with van der Waals surface area (Å²) in [6, 6.07) is 9.37. The zero-order valence-electron chi connectivity index (χ0n) is 18.3. The number of aliphatic hydroxyl groups is 1. The summed E-state index contributed by atoms with van der Waals surface area (Å²) in [5, 5.41) is 14.0. The van der Waals surface area contributed by atoms with Gasteiger partial charge in [-0.3, -0.25) is 0 Å². The summed E-state index contributed by atoms with van der Waals surface area (Å²) >= 11 is 3.59. The second-order valence-electron chi connectivity index (χ2n) is 7.64. The molecular weight excluding hydrogens is 462 g/mol. The molecule has 0 amide bonds. The molecule has 6 nitrogen and oxygen atoms in total. The molecule has 1 unspecified atom stereocenters. The number of ether oxygens (including phenoxy) is 4. The fraction of sp³-hybridized carbons (Fsp3) is 0.500.